The van der Waals surface area contributed by atoms with E-state index in [1.54, 1.807) is 0 Å². The Kier molecular flexibility index (Phi) is 5.61. The Morgan fingerprint density at radius 3 is 2.23 bits per heavy atom. The maximum atomic E-state index is 11.9. The van der Waals surface area contributed by atoms with Gasteiger partial charge in [0.15, 0.2) is 0 Å². The summed E-state index contributed by atoms with van der Waals surface area (Å²) in [5, 5.41) is 0.854. The lowest BCUT2D eigenvalue weighted by Crippen LogP contribution is -2.41. The van der Waals surface area contributed by atoms with Crippen molar-refractivity contribution >= 4 is 21.8 Å². The molecule has 0 unspecified atom stereocenters. The van der Waals surface area contributed by atoms with Gasteiger partial charge in [0.05, 0.1) is 0 Å². The number of alkyl halides is 1. The molecule has 0 aliphatic heterocycles. The standard InChI is InChI=1S/C10H20BrNO/c1-5-10(3,4)9(13)12(6-2)8-7-11/h5-8H2,1-4H3. The number of nitrogens with zero attached hydrogens (tertiary/aromatic N) is 1. The van der Waals surface area contributed by atoms with Gasteiger partial charge in [-0.15, -0.1) is 0 Å². The number of halogens is 1. The first-order valence-corrected chi connectivity index (χ1v) is 5.97. The molecule has 78 valence electrons. The highest BCUT2D eigenvalue weighted by molar-refractivity contribution is 9.09. The summed E-state index contributed by atoms with van der Waals surface area (Å²) < 4.78 is 0. The molecule has 0 aliphatic carbocycles. The van der Waals surface area contributed by atoms with Crippen LogP contribution in [0.5, 0.6) is 0 Å². The average molecular weight is 250 g/mol. The number of rotatable bonds is 5. The van der Waals surface area contributed by atoms with Crippen molar-refractivity contribution in [1.29, 1.82) is 0 Å². The molecule has 13 heavy (non-hydrogen) atoms. The molecule has 3 heteroatoms. The first kappa shape index (κ1) is 12.9. The van der Waals surface area contributed by atoms with Crippen molar-refractivity contribution in [1.82, 2.24) is 4.90 Å². The molecular weight excluding hydrogens is 230 g/mol. The molecule has 0 bridgehead atoms. The lowest BCUT2D eigenvalue weighted by Gasteiger charge is -2.30. The molecule has 0 radical (unpaired) electrons. The maximum Gasteiger partial charge on any atom is 0.228 e. The quantitative estimate of drug-likeness (QED) is 0.687. The van der Waals surface area contributed by atoms with Gasteiger partial charge in [-0.05, 0) is 13.3 Å². The van der Waals surface area contributed by atoms with Crippen molar-refractivity contribution in [2.75, 3.05) is 18.4 Å². The predicted molar refractivity (Wildman–Crippen MR) is 60.1 cm³/mol. The zero-order chi connectivity index (χ0) is 10.5. The number of carbonyl (C=O) groups excluding carboxylic acids is 1. The van der Waals surface area contributed by atoms with E-state index in [0.29, 0.717) is 0 Å². The van der Waals surface area contributed by atoms with Crippen molar-refractivity contribution in [3.05, 3.63) is 0 Å². The van der Waals surface area contributed by atoms with Crippen LogP contribution in [0.3, 0.4) is 0 Å². The SMILES string of the molecule is CCN(CCBr)C(=O)C(C)(C)CC. The highest BCUT2D eigenvalue weighted by Gasteiger charge is 2.28. The van der Waals surface area contributed by atoms with Gasteiger partial charge in [0.1, 0.15) is 0 Å². The fraction of sp³-hybridized carbons (Fsp3) is 0.900. The number of hydrogen-bond donors (Lipinski definition) is 0. The monoisotopic (exact) mass is 249 g/mol. The van der Waals surface area contributed by atoms with Gasteiger partial charge in [0, 0.05) is 23.8 Å². The van der Waals surface area contributed by atoms with Gasteiger partial charge >= 0.3 is 0 Å². The van der Waals surface area contributed by atoms with E-state index in [4.69, 9.17) is 0 Å². The van der Waals surface area contributed by atoms with Crippen molar-refractivity contribution in [3.8, 4) is 0 Å². The molecule has 0 aliphatic rings. The summed E-state index contributed by atoms with van der Waals surface area (Å²) >= 11 is 3.35. The molecule has 0 aromatic carbocycles. The van der Waals surface area contributed by atoms with Crippen molar-refractivity contribution in [2.24, 2.45) is 5.41 Å². The molecule has 0 atom stereocenters. The number of hydrogen-bond acceptors (Lipinski definition) is 1. The molecule has 0 aromatic heterocycles. The van der Waals surface area contributed by atoms with Gasteiger partial charge < -0.3 is 4.90 Å². The second-order valence-electron chi connectivity index (χ2n) is 3.81. The highest BCUT2D eigenvalue weighted by Crippen LogP contribution is 2.22. The molecule has 0 aromatic rings. The lowest BCUT2D eigenvalue weighted by molar-refractivity contribution is -0.140. The zero-order valence-corrected chi connectivity index (χ0v) is 10.6. The third kappa shape index (κ3) is 3.67. The van der Waals surface area contributed by atoms with E-state index in [1.165, 1.54) is 0 Å². The van der Waals surface area contributed by atoms with E-state index in [9.17, 15) is 4.79 Å². The van der Waals surface area contributed by atoms with Crippen LogP contribution in [0.25, 0.3) is 0 Å². The Labute approximate surface area is 89.8 Å². The minimum Gasteiger partial charge on any atom is -0.342 e. The van der Waals surface area contributed by atoms with E-state index >= 15 is 0 Å². The molecule has 0 N–H and O–H groups in total. The molecule has 0 spiro atoms. The van der Waals surface area contributed by atoms with E-state index in [0.717, 1.165) is 24.8 Å². The van der Waals surface area contributed by atoms with Crippen LogP contribution in [0.15, 0.2) is 0 Å². The highest BCUT2D eigenvalue weighted by atomic mass is 79.9. The van der Waals surface area contributed by atoms with E-state index in [-0.39, 0.29) is 11.3 Å². The summed E-state index contributed by atoms with van der Waals surface area (Å²) in [6, 6.07) is 0. The van der Waals surface area contributed by atoms with Crippen LogP contribution in [0.2, 0.25) is 0 Å². The van der Waals surface area contributed by atoms with E-state index in [2.05, 4.69) is 22.9 Å². The van der Waals surface area contributed by atoms with Crippen LogP contribution in [0, 0.1) is 5.41 Å². The van der Waals surface area contributed by atoms with Gasteiger partial charge in [-0.2, -0.15) is 0 Å². The Morgan fingerprint density at radius 2 is 1.92 bits per heavy atom. The molecule has 0 heterocycles. The second kappa shape index (κ2) is 5.63. The Balaban J connectivity index is 4.36. The van der Waals surface area contributed by atoms with Crippen LogP contribution in [0.4, 0.5) is 0 Å². The molecule has 0 saturated heterocycles. The van der Waals surface area contributed by atoms with Gasteiger partial charge in [-0.25, -0.2) is 0 Å². The predicted octanol–water partition coefficient (Wildman–Crippen LogP) is 2.67. The van der Waals surface area contributed by atoms with Gasteiger partial charge in [0.2, 0.25) is 5.91 Å². The van der Waals surface area contributed by atoms with Crippen LogP contribution < -0.4 is 0 Å². The van der Waals surface area contributed by atoms with Crippen molar-refractivity contribution in [2.45, 2.75) is 34.1 Å². The third-order valence-electron chi connectivity index (χ3n) is 2.49. The van der Waals surface area contributed by atoms with Gasteiger partial charge in [-0.1, -0.05) is 36.7 Å². The molecule has 0 saturated carbocycles. The van der Waals surface area contributed by atoms with Crippen molar-refractivity contribution < 1.29 is 4.79 Å². The lowest BCUT2D eigenvalue weighted by atomic mass is 9.88. The van der Waals surface area contributed by atoms with Crippen LogP contribution in [-0.2, 0) is 4.79 Å². The fourth-order valence-corrected chi connectivity index (χ4v) is 1.51. The minimum absolute atomic E-state index is 0.210. The van der Waals surface area contributed by atoms with Gasteiger partial charge in [-0.3, -0.25) is 4.79 Å². The van der Waals surface area contributed by atoms with Crippen LogP contribution >= 0.6 is 15.9 Å². The molecule has 1 amide bonds. The topological polar surface area (TPSA) is 20.3 Å². The molecule has 0 rings (SSSR count). The smallest absolute Gasteiger partial charge is 0.228 e. The minimum atomic E-state index is -0.210. The summed E-state index contributed by atoms with van der Waals surface area (Å²) in [6.07, 6.45) is 0.893. The zero-order valence-electron chi connectivity index (χ0n) is 9.06. The Hall–Kier alpha value is -0.0500. The normalized spacial score (nSPS) is 11.5. The summed E-state index contributed by atoms with van der Waals surface area (Å²) in [4.78, 5) is 13.8. The third-order valence-corrected chi connectivity index (χ3v) is 2.84. The van der Waals surface area contributed by atoms with Crippen molar-refractivity contribution in [3.63, 3.8) is 0 Å². The first-order chi connectivity index (χ1) is 5.99. The van der Waals surface area contributed by atoms with E-state index in [1.807, 2.05) is 25.7 Å². The number of carbonyl (C=O) groups is 1. The summed E-state index contributed by atoms with van der Waals surface area (Å²) in [5.74, 6) is 0.261. The largest absolute Gasteiger partial charge is 0.342 e. The second-order valence-corrected chi connectivity index (χ2v) is 4.60. The first-order valence-electron chi connectivity index (χ1n) is 4.85. The summed E-state index contributed by atoms with van der Waals surface area (Å²) in [7, 11) is 0. The van der Waals surface area contributed by atoms with Crippen LogP contribution in [-0.4, -0.2) is 29.2 Å². The fourth-order valence-electron chi connectivity index (χ4n) is 1.08. The molecular formula is C10H20BrNO. The molecule has 2 nitrogen and oxygen atoms in total. The van der Waals surface area contributed by atoms with E-state index < -0.39 is 0 Å². The Bertz CT molecular complexity index is 168. The maximum absolute atomic E-state index is 11.9. The summed E-state index contributed by atoms with van der Waals surface area (Å²) in [5.41, 5.74) is -0.210. The Morgan fingerprint density at radius 1 is 1.38 bits per heavy atom. The average Bonchev–Trinajstić information content (AvgIpc) is 2.13. The van der Waals surface area contributed by atoms with Crippen LogP contribution in [0.1, 0.15) is 34.1 Å². The van der Waals surface area contributed by atoms with Gasteiger partial charge in [0.25, 0.3) is 0 Å². The summed E-state index contributed by atoms with van der Waals surface area (Å²) in [6.45, 7) is 9.69. The number of amides is 1. The molecule has 0 fully saturated rings.